The van der Waals surface area contributed by atoms with E-state index in [-0.39, 0.29) is 18.1 Å². The second-order valence-corrected chi connectivity index (χ2v) is 7.00. The molecule has 1 aromatic carbocycles. The smallest absolute Gasteiger partial charge is 0.271 e. The van der Waals surface area contributed by atoms with E-state index < -0.39 is 5.91 Å². The van der Waals surface area contributed by atoms with E-state index in [1.54, 1.807) is 29.8 Å². The number of benzene rings is 1. The van der Waals surface area contributed by atoms with Gasteiger partial charge in [0.15, 0.2) is 0 Å². The van der Waals surface area contributed by atoms with Gasteiger partial charge in [-0.25, -0.2) is 4.39 Å². The molecule has 7 nitrogen and oxygen atoms in total. The van der Waals surface area contributed by atoms with Gasteiger partial charge in [0.25, 0.3) is 5.91 Å². The highest BCUT2D eigenvalue weighted by Crippen LogP contribution is 2.21. The summed E-state index contributed by atoms with van der Waals surface area (Å²) in [5.74, 6) is -1.04. The average molecular weight is 397 g/mol. The summed E-state index contributed by atoms with van der Waals surface area (Å²) in [6, 6.07) is 9.72. The lowest BCUT2D eigenvalue weighted by Crippen LogP contribution is -2.42. The van der Waals surface area contributed by atoms with Gasteiger partial charge in [0.05, 0.1) is 17.8 Å². The number of aryl methyl sites for hydroxylation is 4. The fourth-order valence-electron chi connectivity index (χ4n) is 3.35. The predicted molar refractivity (Wildman–Crippen MR) is 107 cm³/mol. The molecule has 8 heteroatoms. The molecule has 0 atom stereocenters. The van der Waals surface area contributed by atoms with Crippen LogP contribution >= 0.6 is 0 Å². The summed E-state index contributed by atoms with van der Waals surface area (Å²) in [5.41, 5.74) is 9.49. The summed E-state index contributed by atoms with van der Waals surface area (Å²) >= 11 is 0. The zero-order valence-corrected chi connectivity index (χ0v) is 16.9. The van der Waals surface area contributed by atoms with Gasteiger partial charge in [0.2, 0.25) is 5.91 Å². The number of aromatic nitrogens is 3. The lowest BCUT2D eigenvalue weighted by molar-refractivity contribution is -0.122. The molecule has 3 aromatic rings. The summed E-state index contributed by atoms with van der Waals surface area (Å²) < 4.78 is 16.8. The molecular formula is C21H24FN5O2. The molecule has 29 heavy (non-hydrogen) atoms. The molecule has 0 aliphatic rings. The Morgan fingerprint density at radius 1 is 1.00 bits per heavy atom. The molecule has 0 spiro atoms. The maximum absolute atomic E-state index is 13.2. The minimum Gasteiger partial charge on any atom is -0.318 e. The van der Waals surface area contributed by atoms with Gasteiger partial charge in [0, 0.05) is 29.2 Å². The van der Waals surface area contributed by atoms with Crippen molar-refractivity contribution >= 4 is 11.8 Å². The molecule has 0 bridgehead atoms. The van der Waals surface area contributed by atoms with E-state index in [0.717, 1.165) is 22.8 Å². The minimum absolute atomic E-state index is 0.191. The van der Waals surface area contributed by atoms with Crippen LogP contribution < -0.4 is 10.9 Å². The van der Waals surface area contributed by atoms with Crippen molar-refractivity contribution in [2.45, 2.75) is 40.7 Å². The Kier molecular flexibility index (Phi) is 5.81. The van der Waals surface area contributed by atoms with E-state index in [4.69, 9.17) is 0 Å². The van der Waals surface area contributed by atoms with Gasteiger partial charge in [-0.2, -0.15) is 5.10 Å². The maximum Gasteiger partial charge on any atom is 0.271 e. The van der Waals surface area contributed by atoms with Gasteiger partial charge >= 0.3 is 0 Å². The third-order valence-corrected chi connectivity index (χ3v) is 4.73. The molecule has 0 radical (unpaired) electrons. The van der Waals surface area contributed by atoms with Crippen LogP contribution in [-0.2, 0) is 11.3 Å². The van der Waals surface area contributed by atoms with Gasteiger partial charge in [-0.15, -0.1) is 0 Å². The van der Waals surface area contributed by atoms with Crippen molar-refractivity contribution in [1.82, 2.24) is 25.2 Å². The minimum atomic E-state index is -0.411. The van der Waals surface area contributed by atoms with E-state index in [1.165, 1.54) is 12.1 Å². The van der Waals surface area contributed by atoms with Crippen LogP contribution in [-0.4, -0.2) is 26.2 Å². The maximum atomic E-state index is 13.2. The Balaban J connectivity index is 1.62. The number of amides is 2. The first-order valence-electron chi connectivity index (χ1n) is 9.31. The lowest BCUT2D eigenvalue weighted by atomic mass is 10.2. The average Bonchev–Trinajstić information content (AvgIpc) is 3.16. The first-order valence-corrected chi connectivity index (χ1v) is 9.31. The second kappa shape index (κ2) is 8.30. The highest BCUT2D eigenvalue weighted by molar-refractivity contribution is 5.96. The van der Waals surface area contributed by atoms with Crippen LogP contribution in [0.3, 0.4) is 0 Å². The second-order valence-electron chi connectivity index (χ2n) is 7.00. The molecule has 0 aliphatic carbocycles. The van der Waals surface area contributed by atoms with Gasteiger partial charge < -0.3 is 4.57 Å². The number of hydrazine groups is 1. The summed E-state index contributed by atoms with van der Waals surface area (Å²) in [6.07, 6.45) is 0.191. The number of nitrogens with one attached hydrogen (secondary N) is 2. The highest BCUT2D eigenvalue weighted by atomic mass is 19.1. The third kappa shape index (κ3) is 4.53. The standard InChI is InChI=1S/C21H24FN5O2/c1-13-11-14(2)26(25-13)10-9-20(28)23-24-21(29)19-12-15(3)27(16(19)4)18-7-5-17(22)6-8-18/h5-8,11-12H,9-10H2,1-4H3,(H,23,28)(H,24,29). The number of hydrogen-bond acceptors (Lipinski definition) is 3. The molecule has 2 heterocycles. The monoisotopic (exact) mass is 397 g/mol. The molecule has 0 aliphatic heterocycles. The molecule has 2 amide bonds. The van der Waals surface area contributed by atoms with Crippen molar-refractivity contribution in [2.75, 3.05) is 0 Å². The van der Waals surface area contributed by atoms with Crippen molar-refractivity contribution in [3.63, 3.8) is 0 Å². The summed E-state index contributed by atoms with van der Waals surface area (Å²) in [6.45, 7) is 7.92. The molecule has 2 N–H and O–H groups in total. The summed E-state index contributed by atoms with van der Waals surface area (Å²) in [4.78, 5) is 24.6. The Hall–Kier alpha value is -3.42. The number of nitrogens with zero attached hydrogens (tertiary/aromatic N) is 3. The topological polar surface area (TPSA) is 81.0 Å². The number of hydrogen-bond donors (Lipinski definition) is 2. The van der Waals surface area contributed by atoms with Gasteiger partial charge in [0.1, 0.15) is 5.82 Å². The summed E-state index contributed by atoms with van der Waals surface area (Å²) in [5, 5.41) is 4.31. The van der Waals surface area contributed by atoms with Gasteiger partial charge in [-0.05, 0) is 64.1 Å². The number of carbonyl (C=O) groups is 2. The fourth-order valence-corrected chi connectivity index (χ4v) is 3.35. The lowest BCUT2D eigenvalue weighted by Gasteiger charge is -2.11. The van der Waals surface area contributed by atoms with Crippen LogP contribution in [0.4, 0.5) is 4.39 Å². The molecule has 3 rings (SSSR count). The molecule has 0 saturated heterocycles. The van der Waals surface area contributed by atoms with E-state index in [0.29, 0.717) is 17.8 Å². The van der Waals surface area contributed by atoms with Crippen LogP contribution in [0.5, 0.6) is 0 Å². The van der Waals surface area contributed by atoms with E-state index in [2.05, 4.69) is 16.0 Å². The SMILES string of the molecule is Cc1cc(C)n(CCC(=O)NNC(=O)c2cc(C)n(-c3ccc(F)cc3)c2C)n1. The van der Waals surface area contributed by atoms with Crippen LogP contribution in [0, 0.1) is 33.5 Å². The van der Waals surface area contributed by atoms with E-state index >= 15 is 0 Å². The zero-order chi connectivity index (χ0) is 21.1. The van der Waals surface area contributed by atoms with Crippen LogP contribution in [0.1, 0.15) is 39.6 Å². The Morgan fingerprint density at radius 2 is 1.69 bits per heavy atom. The first kappa shape index (κ1) is 20.3. The van der Waals surface area contributed by atoms with Crippen molar-refractivity contribution < 1.29 is 14.0 Å². The van der Waals surface area contributed by atoms with Crippen LogP contribution in [0.25, 0.3) is 5.69 Å². The molecule has 2 aromatic heterocycles. The normalized spacial score (nSPS) is 10.8. The van der Waals surface area contributed by atoms with Gasteiger partial charge in [-0.3, -0.25) is 25.1 Å². The largest absolute Gasteiger partial charge is 0.318 e. The van der Waals surface area contributed by atoms with Crippen molar-refractivity contribution in [3.05, 3.63) is 70.6 Å². The molecule has 152 valence electrons. The Morgan fingerprint density at radius 3 is 2.31 bits per heavy atom. The van der Waals surface area contributed by atoms with Crippen molar-refractivity contribution in [3.8, 4) is 5.69 Å². The molecular weight excluding hydrogens is 373 g/mol. The molecule has 0 saturated carbocycles. The number of carbonyl (C=O) groups excluding carboxylic acids is 2. The molecule has 0 unspecified atom stereocenters. The predicted octanol–water partition coefficient (Wildman–Crippen LogP) is 2.90. The van der Waals surface area contributed by atoms with E-state index in [9.17, 15) is 14.0 Å². The first-order chi connectivity index (χ1) is 13.8. The van der Waals surface area contributed by atoms with Crippen molar-refractivity contribution in [1.29, 1.82) is 0 Å². The van der Waals surface area contributed by atoms with Gasteiger partial charge in [-0.1, -0.05) is 0 Å². The Labute approximate surface area is 168 Å². The zero-order valence-electron chi connectivity index (χ0n) is 16.9. The highest BCUT2D eigenvalue weighted by Gasteiger charge is 2.17. The third-order valence-electron chi connectivity index (χ3n) is 4.73. The van der Waals surface area contributed by atoms with Crippen LogP contribution in [0.2, 0.25) is 0 Å². The molecule has 0 fully saturated rings. The summed E-state index contributed by atoms with van der Waals surface area (Å²) in [7, 11) is 0. The quantitative estimate of drug-likeness (QED) is 0.650. The van der Waals surface area contributed by atoms with Crippen LogP contribution in [0.15, 0.2) is 36.4 Å². The fraction of sp³-hybridized carbons (Fsp3) is 0.286. The van der Waals surface area contributed by atoms with E-state index in [1.807, 2.05) is 31.4 Å². The van der Waals surface area contributed by atoms with Crippen molar-refractivity contribution in [2.24, 2.45) is 0 Å². The number of rotatable bonds is 5. The Bertz CT molecular complexity index is 1050. The number of halogens is 1.